The van der Waals surface area contributed by atoms with Crippen LogP contribution in [-0.4, -0.2) is 49.4 Å². The second-order valence-electron chi connectivity index (χ2n) is 3.20. The smallest absolute Gasteiger partial charge is 0.281 e. The largest absolute Gasteiger partial charge is 0.390 e. The summed E-state index contributed by atoms with van der Waals surface area (Å²) in [5.74, 6) is 0.00921. The Bertz CT molecular complexity index is 158. The Morgan fingerprint density at radius 2 is 2.58 bits per heavy atom. The monoisotopic (exact) mass is 173 g/mol. The van der Waals surface area contributed by atoms with E-state index < -0.39 is 12.8 Å². The highest BCUT2D eigenvalue weighted by atomic mass is 19.1. The fourth-order valence-corrected chi connectivity index (χ4v) is 1.57. The van der Waals surface area contributed by atoms with Crippen LogP contribution in [0.15, 0.2) is 0 Å². The van der Waals surface area contributed by atoms with Crippen molar-refractivity contribution in [1.29, 1.82) is 0 Å². The summed E-state index contributed by atoms with van der Waals surface area (Å²) in [4.78, 5) is 12.1. The van der Waals surface area contributed by atoms with Crippen molar-refractivity contribution in [2.75, 3.05) is 19.8 Å². The number of carbonyl (C=O) groups excluding carboxylic acids is 1. The molecule has 0 aromatic carbocycles. The fraction of sp³-hybridized carbons (Fsp3) is 0.857. The van der Waals surface area contributed by atoms with Crippen molar-refractivity contribution in [2.24, 2.45) is 5.92 Å². The number of rotatable bonds is 4. The highest BCUT2D eigenvalue weighted by molar-refractivity contribution is 6.64. The van der Waals surface area contributed by atoms with Crippen LogP contribution in [0.2, 0.25) is 0 Å². The molecule has 1 aliphatic heterocycles. The van der Waals surface area contributed by atoms with Gasteiger partial charge in [0.2, 0.25) is 0 Å². The predicted octanol–water partition coefficient (Wildman–Crippen LogP) is -0.820. The molecule has 1 heterocycles. The van der Waals surface area contributed by atoms with Crippen LogP contribution in [0.3, 0.4) is 0 Å². The second kappa shape index (κ2) is 4.57. The Morgan fingerprint density at radius 3 is 3.17 bits per heavy atom. The SMILES string of the molecule is O=CBN1CC[C@H](C(O)CF)C1. The topological polar surface area (TPSA) is 40.5 Å². The predicted molar refractivity (Wildman–Crippen MR) is 45.6 cm³/mol. The maximum atomic E-state index is 12.0. The Labute approximate surface area is 71.8 Å². The number of carbonyl (C=O) groups is 1. The molecule has 1 fully saturated rings. The van der Waals surface area contributed by atoms with Crippen LogP contribution in [0.5, 0.6) is 0 Å². The summed E-state index contributed by atoms with van der Waals surface area (Å²) >= 11 is 0. The quantitative estimate of drug-likeness (QED) is 0.446. The molecule has 1 aliphatic rings. The van der Waals surface area contributed by atoms with Crippen LogP contribution >= 0.6 is 0 Å². The third kappa shape index (κ3) is 2.28. The van der Waals surface area contributed by atoms with Crippen molar-refractivity contribution in [2.45, 2.75) is 12.5 Å². The summed E-state index contributed by atoms with van der Waals surface area (Å²) < 4.78 is 12.0. The van der Waals surface area contributed by atoms with Crippen LogP contribution in [-0.2, 0) is 4.79 Å². The molecule has 12 heavy (non-hydrogen) atoms. The van der Waals surface area contributed by atoms with Gasteiger partial charge in [-0.1, -0.05) is 0 Å². The van der Waals surface area contributed by atoms with Gasteiger partial charge in [0.1, 0.15) is 6.67 Å². The summed E-state index contributed by atoms with van der Waals surface area (Å²) in [6, 6.07) is 0. The number of nitrogens with zero attached hydrogens (tertiary/aromatic N) is 1. The first-order chi connectivity index (χ1) is 5.77. The van der Waals surface area contributed by atoms with E-state index in [1.54, 1.807) is 0 Å². The summed E-state index contributed by atoms with van der Waals surface area (Å²) in [7, 11) is 0.398. The molecule has 0 amide bonds. The molecular formula is C7H13BFNO2. The Morgan fingerprint density at radius 1 is 1.83 bits per heavy atom. The second-order valence-corrected chi connectivity index (χ2v) is 3.20. The summed E-state index contributed by atoms with van der Waals surface area (Å²) in [6.07, 6.45) is 0.782. The third-order valence-corrected chi connectivity index (χ3v) is 2.34. The van der Waals surface area contributed by atoms with Gasteiger partial charge < -0.3 is 14.7 Å². The molecule has 1 saturated heterocycles. The Hall–Kier alpha value is -0.415. The molecule has 68 valence electrons. The standard InChI is InChI=1S/C7H13BFNO2/c9-3-7(12)6-1-2-10(4-6)8-5-11/h5-8,12H,1-4H2/t6-,7?/m0/s1. The molecule has 1 N–H and O–H groups in total. The van der Waals surface area contributed by atoms with Gasteiger partial charge in [0.05, 0.1) is 12.3 Å². The Balaban J connectivity index is 2.29. The number of alkyl halides is 1. The molecule has 0 aliphatic carbocycles. The van der Waals surface area contributed by atoms with Gasteiger partial charge in [-0.05, 0) is 19.5 Å². The first kappa shape index (κ1) is 9.67. The number of aliphatic hydroxyl groups is 1. The first-order valence-electron chi connectivity index (χ1n) is 4.18. The molecule has 0 spiro atoms. The van der Waals surface area contributed by atoms with Crippen molar-refractivity contribution in [3.05, 3.63) is 0 Å². The first-order valence-corrected chi connectivity index (χ1v) is 4.18. The summed E-state index contributed by atoms with van der Waals surface area (Å²) in [5, 5.41) is 9.15. The van der Waals surface area contributed by atoms with E-state index in [1.165, 1.54) is 0 Å². The van der Waals surface area contributed by atoms with Crippen molar-refractivity contribution < 1.29 is 14.3 Å². The van der Waals surface area contributed by atoms with Gasteiger partial charge in [0, 0.05) is 5.92 Å². The van der Waals surface area contributed by atoms with Gasteiger partial charge in [-0.2, -0.15) is 0 Å². The van der Waals surface area contributed by atoms with Crippen molar-refractivity contribution in [3.63, 3.8) is 0 Å². The van der Waals surface area contributed by atoms with E-state index in [-0.39, 0.29) is 5.92 Å². The molecule has 0 aromatic heterocycles. The van der Waals surface area contributed by atoms with E-state index in [4.69, 9.17) is 5.11 Å². The van der Waals surface area contributed by atoms with Gasteiger partial charge in [0.25, 0.3) is 7.41 Å². The third-order valence-electron chi connectivity index (χ3n) is 2.34. The number of aliphatic hydroxyl groups excluding tert-OH is 1. The lowest BCUT2D eigenvalue weighted by Gasteiger charge is -2.15. The molecule has 0 aromatic rings. The maximum Gasteiger partial charge on any atom is 0.281 e. The number of halogens is 1. The minimum Gasteiger partial charge on any atom is -0.390 e. The summed E-state index contributed by atoms with van der Waals surface area (Å²) in [5.41, 5.74) is 0. The molecule has 0 saturated carbocycles. The molecule has 0 bridgehead atoms. The molecule has 5 heteroatoms. The molecular weight excluding hydrogens is 160 g/mol. The van der Waals surface area contributed by atoms with Gasteiger partial charge in [0.15, 0.2) is 0 Å². The lowest BCUT2D eigenvalue weighted by Crippen LogP contribution is -2.30. The van der Waals surface area contributed by atoms with E-state index in [9.17, 15) is 9.18 Å². The van der Waals surface area contributed by atoms with E-state index in [1.807, 2.05) is 4.81 Å². The zero-order chi connectivity index (χ0) is 8.97. The molecule has 2 atom stereocenters. The van der Waals surface area contributed by atoms with E-state index in [2.05, 4.69) is 0 Å². The van der Waals surface area contributed by atoms with Crippen molar-refractivity contribution in [3.8, 4) is 0 Å². The van der Waals surface area contributed by atoms with Crippen LogP contribution in [0.1, 0.15) is 6.42 Å². The van der Waals surface area contributed by atoms with Crippen LogP contribution in [0.4, 0.5) is 4.39 Å². The van der Waals surface area contributed by atoms with Gasteiger partial charge >= 0.3 is 0 Å². The van der Waals surface area contributed by atoms with E-state index >= 15 is 0 Å². The van der Waals surface area contributed by atoms with Crippen molar-refractivity contribution >= 4 is 13.6 Å². The summed E-state index contributed by atoms with van der Waals surface area (Å²) in [6.45, 7) is 0.754. The van der Waals surface area contributed by atoms with Gasteiger partial charge in [-0.15, -0.1) is 0 Å². The van der Waals surface area contributed by atoms with Gasteiger partial charge in [-0.3, -0.25) is 0 Å². The minimum absolute atomic E-state index is 0.00921. The van der Waals surface area contributed by atoms with Crippen LogP contribution in [0, 0.1) is 5.92 Å². The zero-order valence-corrected chi connectivity index (χ0v) is 6.95. The minimum atomic E-state index is -0.846. The zero-order valence-electron chi connectivity index (χ0n) is 6.95. The average molecular weight is 173 g/mol. The Kier molecular flexibility index (Phi) is 3.68. The maximum absolute atomic E-state index is 12.0. The van der Waals surface area contributed by atoms with E-state index in [0.29, 0.717) is 14.0 Å². The van der Waals surface area contributed by atoms with Crippen LogP contribution < -0.4 is 0 Å². The van der Waals surface area contributed by atoms with E-state index in [0.717, 1.165) is 19.2 Å². The molecule has 1 unspecified atom stereocenters. The lowest BCUT2D eigenvalue weighted by molar-refractivity contribution is 0.0867. The highest BCUT2D eigenvalue weighted by Gasteiger charge is 2.27. The van der Waals surface area contributed by atoms with Crippen LogP contribution in [0.25, 0.3) is 0 Å². The molecule has 0 radical (unpaired) electrons. The van der Waals surface area contributed by atoms with Crippen molar-refractivity contribution in [1.82, 2.24) is 4.81 Å². The number of hydrogen-bond acceptors (Lipinski definition) is 3. The highest BCUT2D eigenvalue weighted by Crippen LogP contribution is 2.18. The van der Waals surface area contributed by atoms with Gasteiger partial charge in [-0.25, -0.2) is 4.39 Å². The normalized spacial score (nSPS) is 27.0. The number of hydrogen-bond donors (Lipinski definition) is 1. The average Bonchev–Trinajstić information content (AvgIpc) is 2.52. The lowest BCUT2D eigenvalue weighted by atomic mass is 9.95. The molecule has 3 nitrogen and oxygen atoms in total. The molecule has 1 rings (SSSR count). The fourth-order valence-electron chi connectivity index (χ4n) is 1.57.